The lowest BCUT2D eigenvalue weighted by atomic mass is 10.00. The predicted octanol–water partition coefficient (Wildman–Crippen LogP) is 4.43. The zero-order chi connectivity index (χ0) is 18.0. The van der Waals surface area contributed by atoms with Gasteiger partial charge in [-0.1, -0.05) is 17.7 Å². The number of ether oxygens (including phenoxy) is 1. The number of carbonyl (C=O) groups excluding carboxylic acids is 1. The van der Waals surface area contributed by atoms with Crippen LogP contribution < -0.4 is 5.32 Å². The van der Waals surface area contributed by atoms with E-state index >= 15 is 0 Å². The highest BCUT2D eigenvalue weighted by atomic mass is 79.9. The molecule has 0 aromatic heterocycles. The fraction of sp³-hybridized carbons (Fsp3) is 0.500. The number of alkyl halides is 1. The molecule has 23 heavy (non-hydrogen) atoms. The smallest absolute Gasteiger partial charge is 0.408 e. The van der Waals surface area contributed by atoms with Crippen molar-refractivity contribution in [3.63, 3.8) is 0 Å². The molecule has 1 amide bonds. The van der Waals surface area contributed by atoms with Crippen molar-refractivity contribution in [2.75, 3.05) is 0 Å². The number of hydrogen-bond donors (Lipinski definition) is 1. The number of nitro groups is 1. The molecule has 0 radical (unpaired) electrons. The van der Waals surface area contributed by atoms with Crippen LogP contribution in [0.1, 0.15) is 39.3 Å². The quantitative estimate of drug-likeness (QED) is 0.344. The third-order valence-electron chi connectivity index (χ3n) is 2.83. The summed E-state index contributed by atoms with van der Waals surface area (Å²) in [5.41, 5.74) is -1.01. The highest BCUT2D eigenvalue weighted by Gasteiger charge is 2.47. The average Bonchev–Trinajstić information content (AvgIpc) is 2.34. The van der Waals surface area contributed by atoms with Gasteiger partial charge in [-0.2, -0.15) is 0 Å². The van der Waals surface area contributed by atoms with Crippen molar-refractivity contribution in [1.82, 2.24) is 5.32 Å². The molecule has 6 nitrogen and oxygen atoms in total. The van der Waals surface area contributed by atoms with Gasteiger partial charge in [0.15, 0.2) is 0 Å². The van der Waals surface area contributed by atoms with Crippen LogP contribution in [0.3, 0.4) is 0 Å². The molecule has 0 aliphatic rings. The fourth-order valence-corrected chi connectivity index (χ4v) is 2.40. The van der Waals surface area contributed by atoms with Crippen LogP contribution in [0.4, 0.5) is 9.18 Å². The minimum absolute atomic E-state index is 0.0430. The number of hydrogen-bond acceptors (Lipinski definition) is 4. The second kappa shape index (κ2) is 7.00. The number of alkyl carbamates (subject to hydrolysis) is 1. The van der Waals surface area contributed by atoms with Gasteiger partial charge < -0.3 is 10.1 Å². The topological polar surface area (TPSA) is 81.5 Å². The molecule has 0 aliphatic carbocycles. The Balaban J connectivity index is 3.29. The van der Waals surface area contributed by atoms with Gasteiger partial charge in [-0.25, -0.2) is 9.18 Å². The summed E-state index contributed by atoms with van der Waals surface area (Å²) in [5, 5.41) is 13.6. The predicted molar refractivity (Wildman–Crippen MR) is 87.8 cm³/mol. The molecule has 1 N–H and O–H groups in total. The first-order valence-corrected chi connectivity index (χ1v) is 7.80. The van der Waals surface area contributed by atoms with Crippen LogP contribution in [0, 0.1) is 15.9 Å². The molecule has 0 saturated heterocycles. The minimum atomic E-state index is -1.89. The van der Waals surface area contributed by atoms with Crippen LogP contribution in [-0.4, -0.2) is 21.1 Å². The standard InChI is InChI=1S/C14H17BrClFN2O4/c1-13(2,3)23-12(20)18-11(14(4,15)19(21)22)10-8(16)6-5-7-9(10)17/h5-7,11H,1-4H3,(H,18,20)/t11-,14+/m0/s1. The van der Waals surface area contributed by atoms with Gasteiger partial charge in [0.05, 0.1) is 0 Å². The molecule has 0 aliphatic heterocycles. The molecule has 2 atom stereocenters. The van der Waals surface area contributed by atoms with Gasteiger partial charge in [-0.15, -0.1) is 0 Å². The van der Waals surface area contributed by atoms with Crippen molar-refractivity contribution in [3.05, 3.63) is 44.7 Å². The van der Waals surface area contributed by atoms with Gasteiger partial charge in [-0.3, -0.25) is 10.1 Å². The first-order chi connectivity index (χ1) is 10.4. The molecular weight excluding hydrogens is 395 g/mol. The number of nitrogens with one attached hydrogen (secondary N) is 1. The van der Waals surface area contributed by atoms with Crippen LogP contribution in [0.25, 0.3) is 0 Å². The monoisotopic (exact) mass is 410 g/mol. The van der Waals surface area contributed by atoms with Crippen molar-refractivity contribution in [2.24, 2.45) is 0 Å². The fourth-order valence-electron chi connectivity index (χ4n) is 1.78. The maximum absolute atomic E-state index is 14.2. The zero-order valence-corrected chi connectivity index (χ0v) is 15.4. The van der Waals surface area contributed by atoms with Gasteiger partial charge in [0, 0.05) is 38.4 Å². The van der Waals surface area contributed by atoms with Gasteiger partial charge in [-0.05, 0) is 32.9 Å². The minimum Gasteiger partial charge on any atom is -0.444 e. The maximum atomic E-state index is 14.2. The Morgan fingerprint density at radius 3 is 2.43 bits per heavy atom. The SMILES string of the molecule is CC(C)(C)OC(=O)N[C@@H](c1c(F)cccc1Cl)[C@](C)(Br)[N+](=O)[O-]. The van der Waals surface area contributed by atoms with Crippen LogP contribution in [0.5, 0.6) is 0 Å². The zero-order valence-electron chi connectivity index (χ0n) is 13.0. The van der Waals surface area contributed by atoms with Gasteiger partial charge in [0.1, 0.15) is 17.5 Å². The van der Waals surface area contributed by atoms with E-state index in [1.807, 2.05) is 0 Å². The Bertz CT molecular complexity index is 599. The van der Waals surface area contributed by atoms with Crippen LogP contribution >= 0.6 is 27.5 Å². The molecule has 1 rings (SSSR count). The summed E-state index contributed by atoms with van der Waals surface area (Å²) in [7, 11) is 0. The Morgan fingerprint density at radius 1 is 1.43 bits per heavy atom. The average molecular weight is 412 g/mol. The summed E-state index contributed by atoms with van der Waals surface area (Å²) >= 11 is 8.91. The molecule has 1 aromatic carbocycles. The normalized spacial score (nSPS) is 15.4. The Hall–Kier alpha value is -1.41. The lowest BCUT2D eigenvalue weighted by Crippen LogP contribution is -2.47. The van der Waals surface area contributed by atoms with E-state index in [0.717, 1.165) is 6.07 Å². The molecule has 0 fully saturated rings. The highest BCUT2D eigenvalue weighted by molar-refractivity contribution is 9.10. The summed E-state index contributed by atoms with van der Waals surface area (Å²) in [6, 6.07) is 2.46. The third kappa shape index (κ3) is 5.04. The summed E-state index contributed by atoms with van der Waals surface area (Å²) in [4.78, 5) is 22.6. The van der Waals surface area contributed by atoms with E-state index in [1.54, 1.807) is 20.8 Å². The summed E-state index contributed by atoms with van der Waals surface area (Å²) in [6.45, 7) is 6.10. The lowest BCUT2D eigenvalue weighted by Gasteiger charge is -2.29. The molecule has 9 heteroatoms. The first-order valence-electron chi connectivity index (χ1n) is 6.63. The molecule has 1 aromatic rings. The Labute approximate surface area is 146 Å². The first kappa shape index (κ1) is 19.6. The number of benzene rings is 1. The molecule has 0 heterocycles. The van der Waals surface area contributed by atoms with Crippen LogP contribution in [-0.2, 0) is 4.74 Å². The summed E-state index contributed by atoms with van der Waals surface area (Å²) in [5.74, 6) is -0.772. The number of halogens is 3. The molecular formula is C14H17BrClFN2O4. The van der Waals surface area contributed by atoms with Crippen molar-refractivity contribution >= 4 is 33.6 Å². The molecule has 128 valence electrons. The maximum Gasteiger partial charge on any atom is 0.408 e. The van der Waals surface area contributed by atoms with Gasteiger partial charge >= 0.3 is 6.09 Å². The van der Waals surface area contributed by atoms with E-state index in [2.05, 4.69) is 21.2 Å². The molecule has 0 spiro atoms. The number of nitrogens with zero attached hydrogens (tertiary/aromatic N) is 1. The van der Waals surface area contributed by atoms with Crippen LogP contribution in [0.2, 0.25) is 5.02 Å². The number of carbonyl (C=O) groups is 1. The van der Waals surface area contributed by atoms with Gasteiger partial charge in [0.2, 0.25) is 0 Å². The van der Waals surface area contributed by atoms with Gasteiger partial charge in [0.25, 0.3) is 4.45 Å². The molecule has 0 saturated carbocycles. The Kier molecular flexibility index (Phi) is 5.98. The van der Waals surface area contributed by atoms with Crippen molar-refractivity contribution in [1.29, 1.82) is 0 Å². The van der Waals surface area contributed by atoms with E-state index in [9.17, 15) is 19.3 Å². The van der Waals surface area contributed by atoms with E-state index in [1.165, 1.54) is 19.1 Å². The van der Waals surface area contributed by atoms with E-state index in [0.29, 0.717) is 0 Å². The van der Waals surface area contributed by atoms with Crippen molar-refractivity contribution < 1.29 is 18.8 Å². The third-order valence-corrected chi connectivity index (χ3v) is 3.91. The van der Waals surface area contributed by atoms with E-state index in [4.69, 9.17) is 16.3 Å². The Morgan fingerprint density at radius 2 is 2.00 bits per heavy atom. The summed E-state index contributed by atoms with van der Waals surface area (Å²) < 4.78 is 17.4. The molecule has 0 unspecified atom stereocenters. The lowest BCUT2D eigenvalue weighted by molar-refractivity contribution is -0.536. The second-order valence-electron chi connectivity index (χ2n) is 6.00. The summed E-state index contributed by atoms with van der Waals surface area (Å²) in [6.07, 6.45) is -0.922. The number of rotatable bonds is 4. The number of amides is 1. The second-order valence-corrected chi connectivity index (χ2v) is 8.01. The van der Waals surface area contributed by atoms with Crippen molar-refractivity contribution in [3.8, 4) is 0 Å². The van der Waals surface area contributed by atoms with E-state index < -0.39 is 32.9 Å². The molecule has 0 bridgehead atoms. The van der Waals surface area contributed by atoms with Crippen molar-refractivity contribution in [2.45, 2.75) is 43.8 Å². The van der Waals surface area contributed by atoms with Crippen LogP contribution in [0.15, 0.2) is 18.2 Å². The highest BCUT2D eigenvalue weighted by Crippen LogP contribution is 2.38. The van der Waals surface area contributed by atoms with E-state index in [-0.39, 0.29) is 10.6 Å². The largest absolute Gasteiger partial charge is 0.444 e.